The summed E-state index contributed by atoms with van der Waals surface area (Å²) in [5, 5.41) is 36.1. The summed E-state index contributed by atoms with van der Waals surface area (Å²) < 4.78 is 11.7. The van der Waals surface area contributed by atoms with Gasteiger partial charge < -0.3 is 35.4 Å². The maximum atomic E-state index is 13.4. The minimum absolute atomic E-state index is 0.0185. The first-order valence-electron chi connectivity index (χ1n) is 13.5. The van der Waals surface area contributed by atoms with Gasteiger partial charge in [0.15, 0.2) is 16.7 Å². The number of anilines is 1. The number of aromatic nitrogens is 5. The SMILES string of the molecule is CC(C)(C)OC(=O)NCc1nnnn1C[C@@H]1NC(=O)[C@H]1NC(=O)C(=NOC(C)(C)C(=O)O)c1csc(NC(=O)OC(C)(C)C)n1. The fraction of sp³-hybridized carbons (Fsp3) is 0.600. The van der Waals surface area contributed by atoms with Crippen molar-refractivity contribution >= 4 is 52.2 Å². The Morgan fingerprint density at radius 2 is 1.71 bits per heavy atom. The molecule has 45 heavy (non-hydrogen) atoms. The smallest absolute Gasteiger partial charge is 0.413 e. The van der Waals surface area contributed by atoms with Crippen molar-refractivity contribution in [2.24, 2.45) is 5.16 Å². The maximum Gasteiger partial charge on any atom is 0.413 e. The third-order valence-electron chi connectivity index (χ3n) is 5.51. The van der Waals surface area contributed by atoms with Crippen LogP contribution >= 0.6 is 11.3 Å². The zero-order valence-corrected chi connectivity index (χ0v) is 26.8. The van der Waals surface area contributed by atoms with Crippen LogP contribution in [0.3, 0.4) is 0 Å². The van der Waals surface area contributed by atoms with Crippen molar-refractivity contribution < 1.29 is 43.4 Å². The number of alkyl carbamates (subject to hydrolysis) is 1. The number of thiazole rings is 1. The molecule has 4 amide bonds. The Bertz CT molecular complexity index is 1470. The molecule has 1 aliphatic heterocycles. The van der Waals surface area contributed by atoms with E-state index in [4.69, 9.17) is 14.3 Å². The second-order valence-corrected chi connectivity index (χ2v) is 13.1. The Labute approximate surface area is 261 Å². The highest BCUT2D eigenvalue weighted by Crippen LogP contribution is 2.20. The van der Waals surface area contributed by atoms with Crippen molar-refractivity contribution in [2.45, 2.75) is 97.4 Å². The average Bonchev–Trinajstić information content (AvgIpc) is 3.53. The fourth-order valence-electron chi connectivity index (χ4n) is 3.35. The molecule has 0 spiro atoms. The molecule has 0 saturated carbocycles. The predicted molar refractivity (Wildman–Crippen MR) is 156 cm³/mol. The zero-order valence-electron chi connectivity index (χ0n) is 26.0. The van der Waals surface area contributed by atoms with Crippen LogP contribution in [-0.4, -0.2) is 94.9 Å². The van der Waals surface area contributed by atoms with Crippen molar-refractivity contribution in [3.63, 3.8) is 0 Å². The van der Waals surface area contributed by atoms with Gasteiger partial charge in [0.05, 0.1) is 19.1 Å². The van der Waals surface area contributed by atoms with Crippen molar-refractivity contribution in [1.82, 2.24) is 41.1 Å². The van der Waals surface area contributed by atoms with Crippen LogP contribution in [0.4, 0.5) is 14.7 Å². The van der Waals surface area contributed by atoms with Gasteiger partial charge in [0.1, 0.15) is 22.9 Å². The summed E-state index contributed by atoms with van der Waals surface area (Å²) in [6.07, 6.45) is -1.46. The van der Waals surface area contributed by atoms with Crippen LogP contribution in [-0.2, 0) is 41.8 Å². The van der Waals surface area contributed by atoms with E-state index in [1.807, 2.05) is 0 Å². The highest BCUT2D eigenvalue weighted by Gasteiger charge is 2.42. The summed E-state index contributed by atoms with van der Waals surface area (Å²) >= 11 is 0.943. The number of aliphatic carboxylic acids is 1. The quantitative estimate of drug-likeness (QED) is 0.128. The molecule has 0 aromatic carbocycles. The largest absolute Gasteiger partial charge is 0.478 e. The van der Waals surface area contributed by atoms with Gasteiger partial charge in [-0.05, 0) is 65.8 Å². The van der Waals surface area contributed by atoms with E-state index in [1.165, 1.54) is 23.9 Å². The van der Waals surface area contributed by atoms with Gasteiger partial charge in [-0.25, -0.2) is 24.0 Å². The van der Waals surface area contributed by atoms with Crippen molar-refractivity contribution in [2.75, 3.05) is 5.32 Å². The van der Waals surface area contributed by atoms with E-state index in [-0.39, 0.29) is 29.7 Å². The molecular weight excluding hydrogens is 616 g/mol. The van der Waals surface area contributed by atoms with Crippen LogP contribution < -0.4 is 21.3 Å². The normalized spacial score (nSPS) is 17.0. The van der Waals surface area contributed by atoms with E-state index in [2.05, 4.69) is 46.9 Å². The van der Waals surface area contributed by atoms with Crippen LogP contribution in [0, 0.1) is 0 Å². The van der Waals surface area contributed by atoms with Gasteiger partial charge >= 0.3 is 18.2 Å². The molecule has 0 radical (unpaired) electrons. The molecule has 246 valence electrons. The number of oxime groups is 1. The number of hydrogen-bond donors (Lipinski definition) is 5. The van der Waals surface area contributed by atoms with E-state index < -0.39 is 64.6 Å². The number of nitrogens with zero attached hydrogens (tertiary/aromatic N) is 6. The molecule has 0 unspecified atom stereocenters. The lowest BCUT2D eigenvalue weighted by atomic mass is 9.98. The van der Waals surface area contributed by atoms with Gasteiger partial charge in [0.25, 0.3) is 5.91 Å². The molecule has 1 aliphatic rings. The molecule has 3 rings (SSSR count). The first-order valence-corrected chi connectivity index (χ1v) is 14.4. The lowest BCUT2D eigenvalue weighted by molar-refractivity contribution is -0.161. The van der Waals surface area contributed by atoms with Gasteiger partial charge in [-0.1, -0.05) is 5.16 Å². The highest BCUT2D eigenvalue weighted by atomic mass is 32.1. The molecule has 5 N–H and O–H groups in total. The Balaban J connectivity index is 1.74. The van der Waals surface area contributed by atoms with E-state index in [1.54, 1.807) is 41.5 Å². The molecule has 0 bridgehead atoms. The summed E-state index contributed by atoms with van der Waals surface area (Å²) in [4.78, 5) is 70.9. The molecule has 0 aliphatic carbocycles. The lowest BCUT2D eigenvalue weighted by Gasteiger charge is -2.36. The summed E-state index contributed by atoms with van der Waals surface area (Å²) in [5.41, 5.74) is -3.83. The fourth-order valence-corrected chi connectivity index (χ4v) is 4.03. The van der Waals surface area contributed by atoms with Crippen LogP contribution in [0.1, 0.15) is 66.9 Å². The average molecular weight is 653 g/mol. The summed E-state index contributed by atoms with van der Waals surface area (Å²) in [6.45, 7) is 12.6. The van der Waals surface area contributed by atoms with Crippen molar-refractivity contribution in [3.8, 4) is 0 Å². The second kappa shape index (κ2) is 13.4. The summed E-state index contributed by atoms with van der Waals surface area (Å²) in [7, 11) is 0. The second-order valence-electron chi connectivity index (χ2n) is 12.2. The molecule has 1 saturated heterocycles. The molecular formula is C25H36N10O9S. The number of carbonyl (C=O) groups is 5. The summed E-state index contributed by atoms with van der Waals surface area (Å²) in [6, 6.07) is -1.76. The van der Waals surface area contributed by atoms with Crippen LogP contribution in [0.2, 0.25) is 0 Å². The van der Waals surface area contributed by atoms with Crippen LogP contribution in [0.25, 0.3) is 0 Å². The first-order chi connectivity index (χ1) is 20.7. The Morgan fingerprint density at radius 1 is 1.07 bits per heavy atom. The molecule has 1 fully saturated rings. The van der Waals surface area contributed by atoms with Crippen LogP contribution in [0.5, 0.6) is 0 Å². The molecule has 19 nitrogen and oxygen atoms in total. The van der Waals surface area contributed by atoms with Gasteiger partial charge in [-0.15, -0.1) is 16.4 Å². The van der Waals surface area contributed by atoms with Gasteiger partial charge in [0.2, 0.25) is 11.5 Å². The van der Waals surface area contributed by atoms with E-state index in [0.29, 0.717) is 0 Å². The Morgan fingerprint density at radius 3 is 2.31 bits per heavy atom. The number of amides is 4. The lowest BCUT2D eigenvalue weighted by Crippen LogP contribution is -2.70. The summed E-state index contributed by atoms with van der Waals surface area (Å²) in [5.74, 6) is -2.54. The maximum absolute atomic E-state index is 13.4. The number of tetrazole rings is 1. The zero-order chi connectivity index (χ0) is 33.7. The number of rotatable bonds is 11. The predicted octanol–water partition coefficient (Wildman–Crippen LogP) is 0.769. The monoisotopic (exact) mass is 652 g/mol. The minimum atomic E-state index is -1.82. The number of nitrogens with one attached hydrogen (secondary N) is 4. The molecule has 2 atom stereocenters. The van der Waals surface area contributed by atoms with Gasteiger partial charge in [0, 0.05) is 5.38 Å². The third-order valence-corrected chi connectivity index (χ3v) is 6.27. The number of carbonyl (C=O) groups excluding carboxylic acids is 4. The topological polar surface area (TPSA) is 250 Å². The van der Waals surface area contributed by atoms with Crippen molar-refractivity contribution in [1.29, 1.82) is 0 Å². The molecule has 20 heteroatoms. The minimum Gasteiger partial charge on any atom is -0.478 e. The van der Waals surface area contributed by atoms with E-state index >= 15 is 0 Å². The van der Waals surface area contributed by atoms with Crippen molar-refractivity contribution in [3.05, 3.63) is 16.9 Å². The number of ether oxygens (including phenoxy) is 2. The third kappa shape index (κ3) is 10.1. The number of carboxylic acids is 1. The Kier molecular flexibility index (Phi) is 10.3. The highest BCUT2D eigenvalue weighted by molar-refractivity contribution is 7.14. The number of β-lactam (4-membered cyclic amide) rings is 1. The number of hydrogen-bond acceptors (Lipinski definition) is 14. The molecule has 3 heterocycles. The van der Waals surface area contributed by atoms with Gasteiger partial charge in [-0.3, -0.25) is 14.9 Å². The van der Waals surface area contributed by atoms with Crippen LogP contribution in [0.15, 0.2) is 10.5 Å². The van der Waals surface area contributed by atoms with E-state index in [9.17, 15) is 29.1 Å². The standard InChI is InChI=1S/C25H36N10O9S/c1-23(2,3)42-21(40)26-9-14-31-33-34-35(14)10-12-15(17(36)27-12)29-18(37)16(32-44-25(7,8)19(38)39)13-11-45-20(28-13)30-22(41)43-24(4,5)6/h11-12,15H,9-10H2,1-8H3,(H,26,40)(H,27,36)(H,29,37)(H,38,39)(H,28,30,41)/t12-,15-/m0/s1. The Hall–Kier alpha value is -4.88. The molecule has 2 aromatic rings. The molecule has 2 aromatic heterocycles. The number of carboxylic acid groups (broad SMARTS) is 1. The van der Waals surface area contributed by atoms with Gasteiger partial charge in [-0.2, -0.15) is 0 Å². The first kappa shape index (κ1) is 34.6. The van der Waals surface area contributed by atoms with E-state index in [0.717, 1.165) is 11.3 Å².